The van der Waals surface area contributed by atoms with Gasteiger partial charge >= 0.3 is 0 Å². The van der Waals surface area contributed by atoms with Crippen molar-refractivity contribution in [1.29, 1.82) is 0 Å². The Labute approximate surface area is 128 Å². The van der Waals surface area contributed by atoms with Gasteiger partial charge in [-0.15, -0.1) is 0 Å². The third-order valence-corrected chi connectivity index (χ3v) is 3.66. The molecule has 0 aliphatic carbocycles. The van der Waals surface area contributed by atoms with Crippen LogP contribution >= 0.6 is 0 Å². The molecule has 2 heterocycles. The minimum Gasteiger partial charge on any atom is -0.348 e. The number of rotatable bonds is 4. The van der Waals surface area contributed by atoms with Crippen molar-refractivity contribution < 1.29 is 9.59 Å². The molecule has 0 bridgehead atoms. The fourth-order valence-corrected chi connectivity index (χ4v) is 2.57. The maximum Gasteiger partial charge on any atom is 0.251 e. The number of anilines is 1. The average Bonchev–Trinajstić information content (AvgIpc) is 2.99. The van der Waals surface area contributed by atoms with E-state index in [1.165, 1.54) is 0 Å². The molecule has 0 saturated heterocycles. The van der Waals surface area contributed by atoms with Crippen molar-refractivity contribution in [2.24, 2.45) is 0 Å². The fourth-order valence-electron chi connectivity index (χ4n) is 2.57. The minimum atomic E-state index is -0.112. The van der Waals surface area contributed by atoms with Gasteiger partial charge in [-0.25, -0.2) is 0 Å². The van der Waals surface area contributed by atoms with Gasteiger partial charge in [0.05, 0.1) is 6.54 Å². The summed E-state index contributed by atoms with van der Waals surface area (Å²) in [5, 5.41) is 9.90. The lowest BCUT2D eigenvalue weighted by atomic mass is 10.00. The molecule has 2 amide bonds. The summed E-state index contributed by atoms with van der Waals surface area (Å²) >= 11 is 0. The summed E-state index contributed by atoms with van der Waals surface area (Å²) in [6.45, 7) is 2.57. The highest BCUT2D eigenvalue weighted by molar-refractivity contribution is 5.98. The number of aryl methyl sites for hydroxylation is 1. The van der Waals surface area contributed by atoms with Crippen LogP contribution in [-0.4, -0.2) is 27.6 Å². The predicted octanol–water partition coefficient (Wildman–Crippen LogP) is 1.59. The van der Waals surface area contributed by atoms with Crippen molar-refractivity contribution in [2.75, 3.05) is 5.32 Å². The Morgan fingerprint density at radius 2 is 2.32 bits per heavy atom. The first-order valence-corrected chi connectivity index (χ1v) is 7.33. The molecule has 0 spiro atoms. The third kappa shape index (κ3) is 3.16. The van der Waals surface area contributed by atoms with Gasteiger partial charge in [0.25, 0.3) is 5.91 Å². The number of hydrogen-bond acceptors (Lipinski definition) is 3. The van der Waals surface area contributed by atoms with Crippen molar-refractivity contribution in [3.8, 4) is 0 Å². The van der Waals surface area contributed by atoms with E-state index in [4.69, 9.17) is 0 Å². The molecule has 1 atom stereocenters. The van der Waals surface area contributed by atoms with Gasteiger partial charge in [0.1, 0.15) is 0 Å². The van der Waals surface area contributed by atoms with Crippen LogP contribution in [0.4, 0.5) is 5.69 Å². The zero-order valence-corrected chi connectivity index (χ0v) is 12.4. The van der Waals surface area contributed by atoms with Crippen LogP contribution in [0.1, 0.15) is 29.3 Å². The Morgan fingerprint density at radius 1 is 1.45 bits per heavy atom. The first-order chi connectivity index (χ1) is 10.6. The van der Waals surface area contributed by atoms with Crippen LogP contribution in [0.5, 0.6) is 0 Å². The van der Waals surface area contributed by atoms with E-state index in [9.17, 15) is 9.59 Å². The Hall–Kier alpha value is -2.63. The summed E-state index contributed by atoms with van der Waals surface area (Å²) in [6.07, 6.45) is 4.72. The third-order valence-electron chi connectivity index (χ3n) is 3.66. The molecule has 22 heavy (non-hydrogen) atoms. The van der Waals surface area contributed by atoms with Gasteiger partial charge < -0.3 is 10.6 Å². The summed E-state index contributed by atoms with van der Waals surface area (Å²) < 4.78 is 1.79. The predicted molar refractivity (Wildman–Crippen MR) is 82.5 cm³/mol. The van der Waals surface area contributed by atoms with Gasteiger partial charge in [0, 0.05) is 36.1 Å². The first kappa shape index (κ1) is 14.3. The van der Waals surface area contributed by atoms with Gasteiger partial charge in [0.2, 0.25) is 5.91 Å². The van der Waals surface area contributed by atoms with E-state index in [0.717, 1.165) is 11.3 Å². The lowest BCUT2D eigenvalue weighted by Gasteiger charge is -2.18. The second kappa shape index (κ2) is 6.01. The molecule has 0 fully saturated rings. The molecular formula is C16H18N4O2. The van der Waals surface area contributed by atoms with Gasteiger partial charge in [-0.3, -0.25) is 14.3 Å². The average molecular weight is 298 g/mol. The monoisotopic (exact) mass is 298 g/mol. The Balaban J connectivity index is 1.66. The number of carbonyl (C=O) groups excluding carboxylic acids is 2. The number of aromatic nitrogens is 2. The first-order valence-electron chi connectivity index (χ1n) is 7.33. The number of fused-ring (bicyclic) bond motifs is 1. The highest BCUT2D eigenvalue weighted by Gasteiger charge is 2.17. The molecule has 0 radical (unpaired) electrons. The lowest BCUT2D eigenvalue weighted by Crippen LogP contribution is -2.36. The summed E-state index contributed by atoms with van der Waals surface area (Å²) in [7, 11) is 0. The molecule has 0 saturated carbocycles. The number of benzene rings is 1. The highest BCUT2D eigenvalue weighted by Crippen LogP contribution is 2.23. The van der Waals surface area contributed by atoms with E-state index in [1.54, 1.807) is 23.0 Å². The van der Waals surface area contributed by atoms with E-state index < -0.39 is 0 Å². The molecule has 6 nitrogen and oxygen atoms in total. The molecule has 2 N–H and O–H groups in total. The molecule has 0 unspecified atom stereocenters. The topological polar surface area (TPSA) is 76.0 Å². The van der Waals surface area contributed by atoms with Gasteiger partial charge in [-0.1, -0.05) is 0 Å². The Kier molecular flexibility index (Phi) is 3.91. The van der Waals surface area contributed by atoms with Crippen LogP contribution < -0.4 is 10.6 Å². The summed E-state index contributed by atoms with van der Waals surface area (Å²) in [5.41, 5.74) is 2.42. The van der Waals surface area contributed by atoms with Gasteiger partial charge in [0.15, 0.2) is 0 Å². The zero-order valence-electron chi connectivity index (χ0n) is 12.4. The SMILES string of the molecule is C[C@H](Cn1cccn1)NC(=O)c1ccc2c(c1)CCC(=O)N2. The molecule has 1 aromatic carbocycles. The number of nitrogens with zero attached hydrogens (tertiary/aromatic N) is 2. The second-order valence-electron chi connectivity index (χ2n) is 5.52. The zero-order chi connectivity index (χ0) is 15.5. The molecule has 1 aromatic heterocycles. The smallest absolute Gasteiger partial charge is 0.251 e. The van der Waals surface area contributed by atoms with Crippen LogP contribution in [0.2, 0.25) is 0 Å². The molecule has 2 aromatic rings. The molecule has 3 rings (SSSR count). The van der Waals surface area contributed by atoms with Crippen LogP contribution in [0.25, 0.3) is 0 Å². The van der Waals surface area contributed by atoms with Crippen molar-refractivity contribution in [1.82, 2.24) is 15.1 Å². The second-order valence-corrected chi connectivity index (χ2v) is 5.52. The fraction of sp³-hybridized carbons (Fsp3) is 0.312. The molecule has 6 heteroatoms. The van der Waals surface area contributed by atoms with E-state index in [0.29, 0.717) is 24.9 Å². The minimum absolute atomic E-state index is 0.0249. The van der Waals surface area contributed by atoms with Crippen molar-refractivity contribution >= 4 is 17.5 Å². The van der Waals surface area contributed by atoms with Crippen molar-refractivity contribution in [3.05, 3.63) is 47.8 Å². The number of hydrogen-bond donors (Lipinski definition) is 2. The van der Waals surface area contributed by atoms with Crippen LogP contribution in [-0.2, 0) is 17.8 Å². The highest BCUT2D eigenvalue weighted by atomic mass is 16.2. The van der Waals surface area contributed by atoms with Crippen LogP contribution in [0.15, 0.2) is 36.7 Å². The number of amides is 2. The molecule has 1 aliphatic heterocycles. The molecule has 114 valence electrons. The van der Waals surface area contributed by atoms with Gasteiger partial charge in [-0.05, 0) is 43.2 Å². The summed E-state index contributed by atoms with van der Waals surface area (Å²) in [4.78, 5) is 23.6. The van der Waals surface area contributed by atoms with Crippen molar-refractivity contribution in [2.45, 2.75) is 32.4 Å². The maximum absolute atomic E-state index is 12.3. The Bertz CT molecular complexity index is 694. The molecular weight excluding hydrogens is 280 g/mol. The number of carbonyl (C=O) groups is 2. The van der Waals surface area contributed by atoms with E-state index >= 15 is 0 Å². The number of nitrogens with one attached hydrogen (secondary N) is 2. The van der Waals surface area contributed by atoms with Crippen LogP contribution in [0, 0.1) is 0 Å². The normalized spacial score (nSPS) is 14.9. The maximum atomic E-state index is 12.3. The quantitative estimate of drug-likeness (QED) is 0.900. The van der Waals surface area contributed by atoms with E-state index in [-0.39, 0.29) is 17.9 Å². The van der Waals surface area contributed by atoms with E-state index in [1.807, 2.05) is 25.3 Å². The van der Waals surface area contributed by atoms with Crippen molar-refractivity contribution in [3.63, 3.8) is 0 Å². The summed E-state index contributed by atoms with van der Waals surface area (Å²) in [5.74, 6) is -0.0862. The van der Waals surface area contributed by atoms with Crippen LogP contribution in [0.3, 0.4) is 0 Å². The van der Waals surface area contributed by atoms with Gasteiger partial charge in [-0.2, -0.15) is 5.10 Å². The van der Waals surface area contributed by atoms with E-state index in [2.05, 4.69) is 15.7 Å². The standard InChI is InChI=1S/C16H18N4O2/c1-11(10-20-8-2-7-17-20)18-16(22)13-3-5-14-12(9-13)4-6-15(21)19-14/h2-3,5,7-9,11H,4,6,10H2,1H3,(H,18,22)(H,19,21)/t11-/m1/s1. The lowest BCUT2D eigenvalue weighted by molar-refractivity contribution is -0.116. The largest absolute Gasteiger partial charge is 0.348 e. The molecule has 1 aliphatic rings. The summed E-state index contributed by atoms with van der Waals surface area (Å²) in [6, 6.07) is 7.21. The Morgan fingerprint density at radius 3 is 3.09 bits per heavy atom.